The topological polar surface area (TPSA) is 183 Å². The summed E-state index contributed by atoms with van der Waals surface area (Å²) in [7, 11) is 0. The number of hydrogen-bond donors (Lipinski definition) is 6. The molecule has 2 heterocycles. The zero-order chi connectivity index (χ0) is 28.7. The average molecular weight is 567 g/mol. The minimum absolute atomic E-state index is 0.0283. The van der Waals surface area contributed by atoms with Gasteiger partial charge in [0.15, 0.2) is 6.29 Å². The van der Waals surface area contributed by atoms with Crippen molar-refractivity contribution in [3.63, 3.8) is 0 Å². The standard InChI is InChI=1S/C29H42O11/c1-26-6-3-18-19(29(26,37)9-5-17(26)15-10-21(32)38-13-15)4-8-28(36)11-16(2-7-27(18,28)14-31)39-25-24(35)23(34)22(33)20(12-30)40-25/h10,14,16-20,22-25,30,33-37H,2-9,11-13H2,1H3/t16-,17-,18?,19?,20?,22-,23?,24?,25-,26-,27+,28+,29+/m1/s1. The highest BCUT2D eigenvalue weighted by molar-refractivity contribution is 5.85. The van der Waals surface area contributed by atoms with Gasteiger partial charge in [0.2, 0.25) is 0 Å². The molecule has 4 aliphatic carbocycles. The lowest BCUT2D eigenvalue weighted by Gasteiger charge is -2.65. The van der Waals surface area contributed by atoms with Gasteiger partial charge in [0, 0.05) is 17.9 Å². The third-order valence-corrected chi connectivity index (χ3v) is 12.0. The van der Waals surface area contributed by atoms with E-state index in [1.54, 1.807) is 6.08 Å². The molecule has 4 saturated carbocycles. The number of hydrogen-bond acceptors (Lipinski definition) is 11. The van der Waals surface area contributed by atoms with Crippen LogP contribution in [0.25, 0.3) is 0 Å². The Bertz CT molecular complexity index is 1060. The predicted molar refractivity (Wildman–Crippen MR) is 136 cm³/mol. The van der Waals surface area contributed by atoms with Crippen LogP contribution in [0.2, 0.25) is 0 Å². The lowest BCUT2D eigenvalue weighted by atomic mass is 9.41. The first kappa shape index (κ1) is 28.7. The van der Waals surface area contributed by atoms with E-state index in [1.165, 1.54) is 0 Å². The molecule has 224 valence electrons. The first-order valence-electron chi connectivity index (χ1n) is 14.7. The predicted octanol–water partition coefficient (Wildman–Crippen LogP) is -0.278. The van der Waals surface area contributed by atoms with E-state index in [0.717, 1.165) is 18.3 Å². The van der Waals surface area contributed by atoms with Gasteiger partial charge in [-0.25, -0.2) is 4.79 Å². The summed E-state index contributed by atoms with van der Waals surface area (Å²) in [6, 6.07) is 0. The largest absolute Gasteiger partial charge is 0.458 e. The van der Waals surface area contributed by atoms with Crippen molar-refractivity contribution < 1.29 is 54.4 Å². The number of fused-ring (bicyclic) bond motifs is 5. The van der Waals surface area contributed by atoms with Crippen LogP contribution in [0.3, 0.4) is 0 Å². The van der Waals surface area contributed by atoms with E-state index < -0.39 is 65.4 Å². The molecule has 5 unspecified atom stereocenters. The summed E-state index contributed by atoms with van der Waals surface area (Å²) < 4.78 is 16.7. The van der Waals surface area contributed by atoms with Gasteiger partial charge in [-0.1, -0.05) is 6.92 Å². The van der Waals surface area contributed by atoms with Crippen LogP contribution in [0.4, 0.5) is 0 Å². The number of carbonyl (C=O) groups is 2. The van der Waals surface area contributed by atoms with Gasteiger partial charge in [0.1, 0.15) is 37.3 Å². The Morgan fingerprint density at radius 2 is 1.75 bits per heavy atom. The third-order valence-electron chi connectivity index (χ3n) is 12.0. The summed E-state index contributed by atoms with van der Waals surface area (Å²) >= 11 is 0. The molecule has 13 atom stereocenters. The number of aliphatic hydroxyl groups is 6. The Morgan fingerprint density at radius 3 is 2.42 bits per heavy atom. The highest BCUT2D eigenvalue weighted by Gasteiger charge is 2.71. The van der Waals surface area contributed by atoms with Gasteiger partial charge in [-0.15, -0.1) is 0 Å². The molecule has 0 aromatic heterocycles. The first-order chi connectivity index (χ1) is 18.9. The fraction of sp³-hybridized carbons (Fsp3) is 0.862. The molecule has 6 rings (SSSR count). The van der Waals surface area contributed by atoms with Crippen molar-refractivity contribution in [3.8, 4) is 0 Å². The van der Waals surface area contributed by atoms with Crippen LogP contribution in [-0.2, 0) is 23.8 Å². The monoisotopic (exact) mass is 566 g/mol. The second kappa shape index (κ2) is 9.80. The highest BCUT2D eigenvalue weighted by atomic mass is 16.7. The second-order valence-electron chi connectivity index (χ2n) is 13.4. The van der Waals surface area contributed by atoms with Crippen LogP contribution >= 0.6 is 0 Å². The number of cyclic esters (lactones) is 1. The Kier molecular flexibility index (Phi) is 7.03. The zero-order valence-corrected chi connectivity index (χ0v) is 22.9. The summed E-state index contributed by atoms with van der Waals surface area (Å²) in [6.45, 7) is 1.79. The Morgan fingerprint density at radius 1 is 1.00 bits per heavy atom. The normalized spacial score (nSPS) is 54.1. The number of ether oxygens (including phenoxy) is 3. The maximum Gasteiger partial charge on any atom is 0.331 e. The molecule has 0 spiro atoms. The molecule has 0 amide bonds. The molecule has 0 radical (unpaired) electrons. The third kappa shape index (κ3) is 3.85. The fourth-order valence-electron chi connectivity index (χ4n) is 9.80. The summed E-state index contributed by atoms with van der Waals surface area (Å²) in [4.78, 5) is 24.8. The summed E-state index contributed by atoms with van der Waals surface area (Å²) in [5, 5.41) is 64.6. The SMILES string of the molecule is C[C@]12CCC3C(CC[C@]4(O)C[C@H](O[C@@H]5OC(CO)[C@@H](O)C(O)C5O)CC[C@]34C=O)[C@@]1(O)CC[C@@H]2C1=CC(=O)OC1. The molecular formula is C29H42O11. The quantitative estimate of drug-likeness (QED) is 0.146. The van der Waals surface area contributed by atoms with E-state index in [0.29, 0.717) is 44.9 Å². The molecule has 5 fully saturated rings. The van der Waals surface area contributed by atoms with Gasteiger partial charge in [0.05, 0.1) is 29.3 Å². The Hall–Kier alpha value is -1.44. The van der Waals surface area contributed by atoms with E-state index >= 15 is 0 Å². The van der Waals surface area contributed by atoms with E-state index in [9.17, 15) is 40.2 Å². The summed E-state index contributed by atoms with van der Waals surface area (Å²) in [5.74, 6) is -0.707. The van der Waals surface area contributed by atoms with Crippen molar-refractivity contribution >= 4 is 12.3 Å². The molecule has 2 aliphatic heterocycles. The van der Waals surface area contributed by atoms with Gasteiger partial charge in [-0.05, 0) is 74.7 Å². The van der Waals surface area contributed by atoms with Crippen molar-refractivity contribution in [1.82, 2.24) is 0 Å². The van der Waals surface area contributed by atoms with E-state index in [1.807, 2.05) is 0 Å². The van der Waals surface area contributed by atoms with Gasteiger partial charge in [0.25, 0.3) is 0 Å². The number of rotatable bonds is 5. The molecule has 40 heavy (non-hydrogen) atoms. The van der Waals surface area contributed by atoms with Crippen LogP contribution in [0.1, 0.15) is 64.7 Å². The molecule has 1 saturated heterocycles. The summed E-state index contributed by atoms with van der Waals surface area (Å²) in [5.41, 5.74) is -3.01. The number of carbonyl (C=O) groups excluding carboxylic acids is 2. The highest BCUT2D eigenvalue weighted by Crippen LogP contribution is 2.70. The van der Waals surface area contributed by atoms with Crippen LogP contribution in [-0.4, -0.2) is 104 Å². The lowest BCUT2D eigenvalue weighted by Crippen LogP contribution is -2.69. The fourth-order valence-corrected chi connectivity index (χ4v) is 9.80. The number of aldehydes is 1. The molecular weight excluding hydrogens is 524 g/mol. The molecule has 11 nitrogen and oxygen atoms in total. The van der Waals surface area contributed by atoms with Crippen molar-refractivity contribution in [2.75, 3.05) is 13.2 Å². The number of esters is 1. The van der Waals surface area contributed by atoms with Crippen LogP contribution in [0.15, 0.2) is 11.6 Å². The van der Waals surface area contributed by atoms with E-state index in [4.69, 9.17) is 14.2 Å². The first-order valence-corrected chi connectivity index (χ1v) is 14.7. The lowest BCUT2D eigenvalue weighted by molar-refractivity contribution is -0.322. The molecule has 6 N–H and O–H groups in total. The van der Waals surface area contributed by atoms with Gasteiger partial charge >= 0.3 is 5.97 Å². The molecule has 6 aliphatic rings. The average Bonchev–Trinajstić information content (AvgIpc) is 3.48. The Balaban J connectivity index is 1.22. The van der Waals surface area contributed by atoms with Crippen LogP contribution in [0.5, 0.6) is 0 Å². The zero-order valence-electron chi connectivity index (χ0n) is 22.9. The van der Waals surface area contributed by atoms with Crippen molar-refractivity contribution in [1.29, 1.82) is 0 Å². The second-order valence-corrected chi connectivity index (χ2v) is 13.4. The van der Waals surface area contributed by atoms with Crippen LogP contribution in [0, 0.1) is 28.6 Å². The molecule has 0 bridgehead atoms. The minimum atomic E-state index is -1.57. The van der Waals surface area contributed by atoms with Crippen molar-refractivity contribution in [2.24, 2.45) is 28.6 Å². The van der Waals surface area contributed by atoms with Gasteiger partial charge < -0.3 is 49.6 Å². The molecule has 11 heteroatoms. The van der Waals surface area contributed by atoms with E-state index in [-0.39, 0.29) is 36.8 Å². The summed E-state index contributed by atoms with van der Waals surface area (Å²) in [6.07, 6.45) is -0.809. The van der Waals surface area contributed by atoms with Gasteiger partial charge in [-0.2, -0.15) is 0 Å². The minimum Gasteiger partial charge on any atom is -0.458 e. The smallest absolute Gasteiger partial charge is 0.331 e. The van der Waals surface area contributed by atoms with Crippen LogP contribution < -0.4 is 0 Å². The van der Waals surface area contributed by atoms with Gasteiger partial charge in [-0.3, -0.25) is 0 Å². The van der Waals surface area contributed by atoms with Crippen molar-refractivity contribution in [2.45, 2.75) is 113 Å². The van der Waals surface area contributed by atoms with Crippen molar-refractivity contribution in [3.05, 3.63) is 11.6 Å². The number of aliphatic hydroxyl groups excluding tert-OH is 4. The molecule has 0 aromatic rings. The maximum absolute atomic E-state index is 13.0. The Labute approximate surface area is 233 Å². The maximum atomic E-state index is 13.0. The van der Waals surface area contributed by atoms with E-state index in [2.05, 4.69) is 6.92 Å². The molecule has 0 aromatic carbocycles.